The number of amides is 1. The highest BCUT2D eigenvalue weighted by Crippen LogP contribution is 2.11. The summed E-state index contributed by atoms with van der Waals surface area (Å²) in [5.41, 5.74) is 1.21. The average molecular weight is 285 g/mol. The maximum Gasteiger partial charge on any atom is 0.221 e. The van der Waals surface area contributed by atoms with Crippen molar-refractivity contribution in [3.63, 3.8) is 0 Å². The predicted octanol–water partition coefficient (Wildman–Crippen LogP) is 2.06. The quantitative estimate of drug-likeness (QED) is 0.869. The average Bonchev–Trinajstić information content (AvgIpc) is 2.26. The van der Waals surface area contributed by atoms with E-state index in [9.17, 15) is 4.79 Å². The number of hydrogen-bond acceptors (Lipinski definition) is 2. The topological polar surface area (TPSA) is 41.1 Å². The summed E-state index contributed by atoms with van der Waals surface area (Å²) in [5.74, 6) is 0.0641. The van der Waals surface area contributed by atoms with Gasteiger partial charge in [0.25, 0.3) is 0 Å². The second-order valence-electron chi connectivity index (χ2n) is 3.79. The molecule has 0 spiro atoms. The number of carbonyl (C=O) groups is 1. The van der Waals surface area contributed by atoms with E-state index in [4.69, 9.17) is 0 Å². The molecule has 1 aromatic rings. The molecule has 0 aromatic heterocycles. The van der Waals surface area contributed by atoms with E-state index in [0.717, 1.165) is 11.0 Å². The van der Waals surface area contributed by atoms with E-state index in [-0.39, 0.29) is 11.9 Å². The van der Waals surface area contributed by atoms with Gasteiger partial charge in [-0.1, -0.05) is 28.1 Å². The molecule has 0 radical (unpaired) electrons. The Morgan fingerprint density at radius 1 is 1.50 bits per heavy atom. The third-order valence-corrected chi connectivity index (χ3v) is 2.81. The smallest absolute Gasteiger partial charge is 0.221 e. The van der Waals surface area contributed by atoms with Crippen molar-refractivity contribution in [2.45, 2.75) is 25.9 Å². The largest absolute Gasteiger partial charge is 0.359 e. The maximum atomic E-state index is 11.1. The summed E-state index contributed by atoms with van der Waals surface area (Å²) >= 11 is 3.43. The minimum Gasteiger partial charge on any atom is -0.359 e. The molecule has 1 atom stereocenters. The summed E-state index contributed by atoms with van der Waals surface area (Å²) in [7, 11) is 1.66. The Morgan fingerprint density at radius 2 is 2.25 bits per heavy atom. The Balaban J connectivity index is 2.37. The van der Waals surface area contributed by atoms with Crippen molar-refractivity contribution >= 4 is 21.8 Å². The molecule has 0 aliphatic rings. The summed E-state index contributed by atoms with van der Waals surface area (Å²) in [6.45, 7) is 2.78. The first-order valence-corrected chi connectivity index (χ1v) is 6.09. The minimum absolute atomic E-state index is 0.0641. The fourth-order valence-corrected chi connectivity index (χ4v) is 1.84. The number of nitrogens with one attached hydrogen (secondary N) is 2. The molecule has 3 nitrogen and oxygen atoms in total. The Hall–Kier alpha value is -0.870. The standard InChI is InChI=1S/C12H17BrN2O/c1-9(6-12(16)14-2)15-8-10-4-3-5-11(13)7-10/h3-5,7,9,15H,6,8H2,1-2H3,(H,14,16). The van der Waals surface area contributed by atoms with E-state index in [1.165, 1.54) is 5.56 Å². The molecule has 0 aliphatic carbocycles. The lowest BCUT2D eigenvalue weighted by Crippen LogP contribution is -2.31. The van der Waals surface area contributed by atoms with E-state index in [1.807, 2.05) is 19.1 Å². The maximum absolute atomic E-state index is 11.1. The molecule has 1 rings (SSSR count). The van der Waals surface area contributed by atoms with Crippen molar-refractivity contribution in [2.75, 3.05) is 7.05 Å². The van der Waals surface area contributed by atoms with Crippen molar-refractivity contribution in [1.29, 1.82) is 0 Å². The molecule has 16 heavy (non-hydrogen) atoms. The molecular weight excluding hydrogens is 268 g/mol. The van der Waals surface area contributed by atoms with Gasteiger partial charge in [0.15, 0.2) is 0 Å². The van der Waals surface area contributed by atoms with Crippen molar-refractivity contribution in [3.8, 4) is 0 Å². The lowest BCUT2D eigenvalue weighted by atomic mass is 10.2. The van der Waals surface area contributed by atoms with Crippen molar-refractivity contribution in [3.05, 3.63) is 34.3 Å². The molecular formula is C12H17BrN2O. The van der Waals surface area contributed by atoms with Crippen molar-refractivity contribution < 1.29 is 4.79 Å². The molecule has 0 aliphatic heterocycles. The molecule has 0 saturated carbocycles. The number of rotatable bonds is 5. The van der Waals surface area contributed by atoms with Crippen LogP contribution in [0.2, 0.25) is 0 Å². The molecule has 1 aromatic carbocycles. The molecule has 88 valence electrons. The molecule has 0 fully saturated rings. The molecule has 4 heteroatoms. The van der Waals surface area contributed by atoms with Gasteiger partial charge in [-0.2, -0.15) is 0 Å². The van der Waals surface area contributed by atoms with Crippen LogP contribution in [0.5, 0.6) is 0 Å². The van der Waals surface area contributed by atoms with Crippen LogP contribution < -0.4 is 10.6 Å². The van der Waals surface area contributed by atoms with Gasteiger partial charge in [-0.3, -0.25) is 4.79 Å². The van der Waals surface area contributed by atoms with Crippen molar-refractivity contribution in [1.82, 2.24) is 10.6 Å². The zero-order valence-electron chi connectivity index (χ0n) is 9.59. The molecule has 0 bridgehead atoms. The van der Waals surface area contributed by atoms with Gasteiger partial charge in [0.1, 0.15) is 0 Å². The second-order valence-corrected chi connectivity index (χ2v) is 4.70. The van der Waals surface area contributed by atoms with Gasteiger partial charge in [0.05, 0.1) is 0 Å². The molecule has 1 unspecified atom stereocenters. The number of carbonyl (C=O) groups excluding carboxylic acids is 1. The van der Waals surface area contributed by atoms with E-state index < -0.39 is 0 Å². The van der Waals surface area contributed by atoms with Crippen LogP contribution in [0.1, 0.15) is 18.9 Å². The number of halogens is 1. The molecule has 1 amide bonds. The van der Waals surface area contributed by atoms with Gasteiger partial charge in [-0.15, -0.1) is 0 Å². The first-order chi connectivity index (χ1) is 7.61. The van der Waals surface area contributed by atoms with Crippen LogP contribution in [0.25, 0.3) is 0 Å². The van der Waals surface area contributed by atoms with Gasteiger partial charge in [-0.05, 0) is 24.6 Å². The van der Waals surface area contributed by atoms with E-state index >= 15 is 0 Å². The van der Waals surface area contributed by atoms with Gasteiger partial charge >= 0.3 is 0 Å². The van der Waals surface area contributed by atoms with E-state index in [0.29, 0.717) is 6.42 Å². The molecule has 0 saturated heterocycles. The fraction of sp³-hybridized carbons (Fsp3) is 0.417. The first-order valence-electron chi connectivity index (χ1n) is 5.30. The van der Waals surface area contributed by atoms with E-state index in [2.05, 4.69) is 38.7 Å². The summed E-state index contributed by atoms with van der Waals surface area (Å²) < 4.78 is 1.07. The monoisotopic (exact) mass is 284 g/mol. The lowest BCUT2D eigenvalue weighted by molar-refractivity contribution is -0.121. The Morgan fingerprint density at radius 3 is 2.88 bits per heavy atom. The SMILES string of the molecule is CNC(=O)CC(C)NCc1cccc(Br)c1. The van der Waals surface area contributed by atoms with Gasteiger partial charge < -0.3 is 10.6 Å². The van der Waals surface area contributed by atoms with Crippen LogP contribution >= 0.6 is 15.9 Å². The normalized spacial score (nSPS) is 12.2. The first kappa shape index (κ1) is 13.2. The van der Waals surface area contributed by atoms with Gasteiger partial charge in [-0.25, -0.2) is 0 Å². The zero-order chi connectivity index (χ0) is 12.0. The fourth-order valence-electron chi connectivity index (χ4n) is 1.39. The predicted molar refractivity (Wildman–Crippen MR) is 69.1 cm³/mol. The number of hydrogen-bond donors (Lipinski definition) is 2. The van der Waals surface area contributed by atoms with Crippen LogP contribution in [0, 0.1) is 0 Å². The highest BCUT2D eigenvalue weighted by Gasteiger charge is 2.06. The van der Waals surface area contributed by atoms with Crippen LogP contribution in [-0.4, -0.2) is 19.0 Å². The van der Waals surface area contributed by atoms with Gasteiger partial charge in [0, 0.05) is 30.5 Å². The lowest BCUT2D eigenvalue weighted by Gasteiger charge is -2.12. The van der Waals surface area contributed by atoms with Crippen LogP contribution in [0.3, 0.4) is 0 Å². The number of benzene rings is 1. The van der Waals surface area contributed by atoms with Crippen LogP contribution in [-0.2, 0) is 11.3 Å². The van der Waals surface area contributed by atoms with Crippen molar-refractivity contribution in [2.24, 2.45) is 0 Å². The third-order valence-electron chi connectivity index (χ3n) is 2.31. The summed E-state index contributed by atoms with van der Waals surface area (Å²) in [5, 5.41) is 5.93. The summed E-state index contributed by atoms with van der Waals surface area (Å²) in [6.07, 6.45) is 0.504. The second kappa shape index (κ2) is 6.66. The van der Waals surface area contributed by atoms with Gasteiger partial charge in [0.2, 0.25) is 5.91 Å². The summed E-state index contributed by atoms with van der Waals surface area (Å²) in [4.78, 5) is 11.1. The third kappa shape index (κ3) is 4.77. The Kier molecular flexibility index (Phi) is 5.49. The highest BCUT2D eigenvalue weighted by molar-refractivity contribution is 9.10. The minimum atomic E-state index is 0.0641. The van der Waals surface area contributed by atoms with Crippen LogP contribution in [0.4, 0.5) is 0 Å². The summed E-state index contributed by atoms with van der Waals surface area (Å²) in [6, 6.07) is 8.31. The van der Waals surface area contributed by atoms with Crippen LogP contribution in [0.15, 0.2) is 28.7 Å². The highest BCUT2D eigenvalue weighted by atomic mass is 79.9. The van der Waals surface area contributed by atoms with E-state index in [1.54, 1.807) is 7.05 Å². The Labute approximate surface area is 105 Å². The Bertz CT molecular complexity index is 355. The molecule has 2 N–H and O–H groups in total. The molecule has 0 heterocycles. The zero-order valence-corrected chi connectivity index (χ0v) is 11.2.